The molecular weight excluding hydrogens is 214 g/mol. The number of ether oxygens (including phenoxy) is 2. The van der Waals surface area contributed by atoms with Crippen molar-refractivity contribution in [1.82, 2.24) is 0 Å². The van der Waals surface area contributed by atoms with Gasteiger partial charge in [0.05, 0.1) is 12.2 Å². The predicted molar refractivity (Wildman–Crippen MR) is 71.1 cm³/mol. The van der Waals surface area contributed by atoms with Crippen molar-refractivity contribution in [2.45, 2.75) is 64.6 Å². The number of nitrogens with two attached hydrogens (primary N) is 1. The van der Waals surface area contributed by atoms with E-state index in [1.165, 1.54) is 32.1 Å². The SMILES string of the molecule is CCOC(CN)CCOC1CCCC(CC)C1. The van der Waals surface area contributed by atoms with Crippen LogP contribution in [0.3, 0.4) is 0 Å². The van der Waals surface area contributed by atoms with E-state index in [9.17, 15) is 0 Å². The first kappa shape index (κ1) is 14.9. The molecule has 3 atom stereocenters. The first-order valence-corrected chi connectivity index (χ1v) is 7.23. The summed E-state index contributed by atoms with van der Waals surface area (Å²) in [5, 5.41) is 0. The van der Waals surface area contributed by atoms with Crippen molar-refractivity contribution >= 4 is 0 Å². The van der Waals surface area contributed by atoms with Gasteiger partial charge in [0, 0.05) is 19.8 Å². The minimum Gasteiger partial charge on any atom is -0.378 e. The van der Waals surface area contributed by atoms with Crippen molar-refractivity contribution in [3.63, 3.8) is 0 Å². The Morgan fingerprint density at radius 2 is 2.12 bits per heavy atom. The highest BCUT2D eigenvalue weighted by molar-refractivity contribution is 4.72. The Bertz CT molecular complexity index is 187. The Balaban J connectivity index is 2.12. The third kappa shape index (κ3) is 5.84. The van der Waals surface area contributed by atoms with E-state index in [1.54, 1.807) is 0 Å². The molecule has 1 saturated carbocycles. The van der Waals surface area contributed by atoms with Gasteiger partial charge in [0.2, 0.25) is 0 Å². The van der Waals surface area contributed by atoms with Gasteiger partial charge < -0.3 is 15.2 Å². The second-order valence-electron chi connectivity index (χ2n) is 5.04. The number of rotatable bonds is 8. The van der Waals surface area contributed by atoms with Gasteiger partial charge in [-0.3, -0.25) is 0 Å². The monoisotopic (exact) mass is 243 g/mol. The maximum absolute atomic E-state index is 5.96. The molecule has 1 aliphatic carbocycles. The van der Waals surface area contributed by atoms with Gasteiger partial charge >= 0.3 is 0 Å². The average Bonchev–Trinajstić information content (AvgIpc) is 2.38. The van der Waals surface area contributed by atoms with Crippen LogP contribution in [0.4, 0.5) is 0 Å². The lowest BCUT2D eigenvalue weighted by molar-refractivity contribution is -0.0156. The number of hydrogen-bond donors (Lipinski definition) is 1. The van der Waals surface area contributed by atoms with E-state index in [-0.39, 0.29) is 6.10 Å². The first-order chi connectivity index (χ1) is 8.30. The minimum atomic E-state index is 0.172. The molecule has 0 aliphatic heterocycles. The molecule has 17 heavy (non-hydrogen) atoms. The molecule has 2 N–H and O–H groups in total. The van der Waals surface area contributed by atoms with Crippen LogP contribution in [0, 0.1) is 5.92 Å². The van der Waals surface area contributed by atoms with Crippen molar-refractivity contribution in [3.05, 3.63) is 0 Å². The molecule has 3 heteroatoms. The third-order valence-corrected chi connectivity index (χ3v) is 3.77. The average molecular weight is 243 g/mol. The summed E-state index contributed by atoms with van der Waals surface area (Å²) in [4.78, 5) is 0. The molecule has 3 unspecified atom stereocenters. The lowest BCUT2D eigenvalue weighted by Gasteiger charge is -2.29. The van der Waals surface area contributed by atoms with Gasteiger partial charge in [-0.2, -0.15) is 0 Å². The Kier molecular flexibility index (Phi) is 7.82. The summed E-state index contributed by atoms with van der Waals surface area (Å²) in [7, 11) is 0. The summed E-state index contributed by atoms with van der Waals surface area (Å²) < 4.78 is 11.5. The van der Waals surface area contributed by atoms with E-state index in [2.05, 4.69) is 6.92 Å². The van der Waals surface area contributed by atoms with E-state index < -0.39 is 0 Å². The molecule has 1 rings (SSSR count). The van der Waals surface area contributed by atoms with Crippen molar-refractivity contribution in [2.24, 2.45) is 11.7 Å². The van der Waals surface area contributed by atoms with Crippen molar-refractivity contribution < 1.29 is 9.47 Å². The molecule has 0 bridgehead atoms. The van der Waals surface area contributed by atoms with Crippen LogP contribution in [-0.2, 0) is 9.47 Å². The summed E-state index contributed by atoms with van der Waals surface area (Å²) in [6.07, 6.45) is 8.08. The molecule has 0 amide bonds. The highest BCUT2D eigenvalue weighted by Crippen LogP contribution is 2.28. The molecule has 0 heterocycles. The summed E-state index contributed by atoms with van der Waals surface area (Å²) >= 11 is 0. The van der Waals surface area contributed by atoms with E-state index in [4.69, 9.17) is 15.2 Å². The van der Waals surface area contributed by atoms with Crippen LogP contribution < -0.4 is 5.73 Å². The van der Waals surface area contributed by atoms with Crippen molar-refractivity contribution in [2.75, 3.05) is 19.8 Å². The maximum atomic E-state index is 5.96. The molecular formula is C14H29NO2. The van der Waals surface area contributed by atoms with Gasteiger partial charge in [-0.25, -0.2) is 0 Å². The second kappa shape index (κ2) is 8.90. The predicted octanol–water partition coefficient (Wildman–Crippen LogP) is 2.73. The van der Waals surface area contributed by atoms with E-state index in [1.807, 2.05) is 6.92 Å². The Hall–Kier alpha value is -0.120. The fourth-order valence-electron chi connectivity index (χ4n) is 2.63. The normalized spacial score (nSPS) is 27.0. The summed E-state index contributed by atoms with van der Waals surface area (Å²) in [6, 6.07) is 0. The molecule has 0 saturated heterocycles. The smallest absolute Gasteiger partial charge is 0.0719 e. The fourth-order valence-corrected chi connectivity index (χ4v) is 2.63. The van der Waals surface area contributed by atoms with E-state index in [0.717, 1.165) is 25.6 Å². The van der Waals surface area contributed by atoms with Gasteiger partial charge in [0.15, 0.2) is 0 Å². The second-order valence-corrected chi connectivity index (χ2v) is 5.04. The highest BCUT2D eigenvalue weighted by Gasteiger charge is 2.21. The zero-order valence-electron chi connectivity index (χ0n) is 11.5. The maximum Gasteiger partial charge on any atom is 0.0719 e. The fraction of sp³-hybridized carbons (Fsp3) is 1.00. The molecule has 3 nitrogen and oxygen atoms in total. The Morgan fingerprint density at radius 3 is 2.76 bits per heavy atom. The molecule has 102 valence electrons. The zero-order chi connectivity index (χ0) is 12.5. The largest absolute Gasteiger partial charge is 0.378 e. The van der Waals surface area contributed by atoms with Crippen LogP contribution >= 0.6 is 0 Å². The summed E-state index contributed by atoms with van der Waals surface area (Å²) in [6.45, 7) is 6.43. The van der Waals surface area contributed by atoms with Crippen LogP contribution in [0.15, 0.2) is 0 Å². The molecule has 0 aromatic rings. The lowest BCUT2D eigenvalue weighted by Crippen LogP contribution is -2.28. The quantitative estimate of drug-likeness (QED) is 0.713. The van der Waals surface area contributed by atoms with Crippen LogP contribution in [0.5, 0.6) is 0 Å². The summed E-state index contributed by atoms with van der Waals surface area (Å²) in [5.74, 6) is 0.881. The van der Waals surface area contributed by atoms with Crippen molar-refractivity contribution in [1.29, 1.82) is 0 Å². The first-order valence-electron chi connectivity index (χ1n) is 7.23. The number of hydrogen-bond acceptors (Lipinski definition) is 3. The van der Waals surface area contributed by atoms with Crippen LogP contribution in [0.2, 0.25) is 0 Å². The highest BCUT2D eigenvalue weighted by atomic mass is 16.5. The zero-order valence-corrected chi connectivity index (χ0v) is 11.5. The molecule has 0 radical (unpaired) electrons. The molecule has 1 fully saturated rings. The van der Waals surface area contributed by atoms with Crippen molar-refractivity contribution in [3.8, 4) is 0 Å². The van der Waals surface area contributed by atoms with E-state index >= 15 is 0 Å². The van der Waals surface area contributed by atoms with Crippen LogP contribution in [0.25, 0.3) is 0 Å². The lowest BCUT2D eigenvalue weighted by atomic mass is 9.85. The summed E-state index contributed by atoms with van der Waals surface area (Å²) in [5.41, 5.74) is 5.64. The molecule has 0 spiro atoms. The topological polar surface area (TPSA) is 44.5 Å². The van der Waals surface area contributed by atoms with Gasteiger partial charge in [0.1, 0.15) is 0 Å². The Labute approximate surface area is 106 Å². The molecule has 1 aliphatic rings. The minimum absolute atomic E-state index is 0.172. The Morgan fingerprint density at radius 1 is 1.29 bits per heavy atom. The standard InChI is InChI=1S/C14H29NO2/c1-3-12-6-5-7-13(10-12)17-9-8-14(11-15)16-4-2/h12-14H,3-11,15H2,1-2H3. The molecule has 0 aromatic carbocycles. The van der Waals surface area contributed by atoms with Crippen LogP contribution in [0.1, 0.15) is 52.4 Å². The van der Waals surface area contributed by atoms with Gasteiger partial charge in [-0.05, 0) is 32.1 Å². The van der Waals surface area contributed by atoms with Gasteiger partial charge in [-0.15, -0.1) is 0 Å². The third-order valence-electron chi connectivity index (χ3n) is 3.77. The van der Waals surface area contributed by atoms with E-state index in [0.29, 0.717) is 12.6 Å². The van der Waals surface area contributed by atoms with Gasteiger partial charge in [0.25, 0.3) is 0 Å². The molecule has 0 aromatic heterocycles. The van der Waals surface area contributed by atoms with Crippen LogP contribution in [-0.4, -0.2) is 32.0 Å². The van der Waals surface area contributed by atoms with Gasteiger partial charge in [-0.1, -0.05) is 26.2 Å².